The molecule has 0 aliphatic rings. The first kappa shape index (κ1) is 13.7. The Labute approximate surface area is 125 Å². The Balaban J connectivity index is 1.91. The smallest absolute Gasteiger partial charge is 0.273 e. The van der Waals surface area contributed by atoms with Gasteiger partial charge in [0.15, 0.2) is 0 Å². The molecular formula is C15H12N4O3. The molecule has 1 aromatic heterocycles. The van der Waals surface area contributed by atoms with E-state index >= 15 is 0 Å². The molecule has 110 valence electrons. The van der Waals surface area contributed by atoms with Crippen LogP contribution in [0.1, 0.15) is 15.9 Å². The molecule has 7 heteroatoms. The highest BCUT2D eigenvalue weighted by Crippen LogP contribution is 2.22. The first-order chi connectivity index (χ1) is 10.6. The molecule has 0 saturated carbocycles. The third-order valence-corrected chi connectivity index (χ3v) is 3.42. The molecule has 3 aromatic rings. The Bertz CT molecular complexity index is 885. The zero-order valence-corrected chi connectivity index (χ0v) is 11.7. The van der Waals surface area contributed by atoms with Gasteiger partial charge in [0.2, 0.25) is 0 Å². The Morgan fingerprint density at radius 2 is 2.14 bits per heavy atom. The molecule has 0 saturated heterocycles. The van der Waals surface area contributed by atoms with Gasteiger partial charge in [-0.2, -0.15) is 0 Å². The Morgan fingerprint density at radius 3 is 2.91 bits per heavy atom. The monoisotopic (exact) mass is 296 g/mol. The summed E-state index contributed by atoms with van der Waals surface area (Å²) in [5.74, 6) is -0.389. The number of fused-ring (bicyclic) bond motifs is 1. The van der Waals surface area contributed by atoms with Gasteiger partial charge in [-0.1, -0.05) is 6.07 Å². The van der Waals surface area contributed by atoms with Crippen molar-refractivity contribution in [2.75, 3.05) is 5.32 Å². The van der Waals surface area contributed by atoms with Crippen LogP contribution in [-0.4, -0.2) is 20.8 Å². The second kappa shape index (κ2) is 5.28. The maximum Gasteiger partial charge on any atom is 0.273 e. The van der Waals surface area contributed by atoms with E-state index in [1.165, 1.54) is 12.1 Å². The van der Waals surface area contributed by atoms with Crippen molar-refractivity contribution in [3.8, 4) is 0 Å². The lowest BCUT2D eigenvalue weighted by Crippen LogP contribution is -2.14. The number of aromatic nitrogens is 2. The van der Waals surface area contributed by atoms with Crippen LogP contribution in [0.4, 0.5) is 11.4 Å². The zero-order chi connectivity index (χ0) is 15.7. The van der Waals surface area contributed by atoms with Gasteiger partial charge in [0.05, 0.1) is 22.3 Å². The Kier molecular flexibility index (Phi) is 3.30. The second-order valence-electron chi connectivity index (χ2n) is 4.80. The third-order valence-electron chi connectivity index (χ3n) is 3.42. The van der Waals surface area contributed by atoms with E-state index in [1.807, 2.05) is 0 Å². The molecule has 0 aliphatic heterocycles. The highest BCUT2D eigenvalue weighted by atomic mass is 16.6. The summed E-state index contributed by atoms with van der Waals surface area (Å²) in [5.41, 5.74) is 2.73. The molecule has 1 heterocycles. The first-order valence-electron chi connectivity index (χ1n) is 6.55. The van der Waals surface area contributed by atoms with Crippen molar-refractivity contribution in [1.29, 1.82) is 0 Å². The summed E-state index contributed by atoms with van der Waals surface area (Å²) < 4.78 is 0. The van der Waals surface area contributed by atoms with E-state index in [0.717, 1.165) is 11.0 Å². The number of H-pyrrole nitrogens is 1. The van der Waals surface area contributed by atoms with Crippen LogP contribution >= 0.6 is 0 Å². The summed E-state index contributed by atoms with van der Waals surface area (Å²) in [4.78, 5) is 29.8. The van der Waals surface area contributed by atoms with Crippen LogP contribution in [0.2, 0.25) is 0 Å². The maximum absolute atomic E-state index is 12.3. The molecule has 2 aromatic carbocycles. The fourth-order valence-electron chi connectivity index (χ4n) is 2.28. The molecule has 0 aliphatic carbocycles. The molecule has 0 bridgehead atoms. The number of imidazole rings is 1. The molecular weight excluding hydrogens is 284 g/mol. The van der Waals surface area contributed by atoms with Crippen LogP contribution in [0.5, 0.6) is 0 Å². The van der Waals surface area contributed by atoms with Gasteiger partial charge >= 0.3 is 0 Å². The average Bonchev–Trinajstić information content (AvgIpc) is 2.94. The lowest BCUT2D eigenvalue weighted by atomic mass is 10.1. The van der Waals surface area contributed by atoms with E-state index in [2.05, 4.69) is 15.3 Å². The summed E-state index contributed by atoms with van der Waals surface area (Å²) in [6, 6.07) is 9.70. The van der Waals surface area contributed by atoms with Crippen LogP contribution in [0.3, 0.4) is 0 Å². The molecule has 0 atom stereocenters. The number of nitrogens with one attached hydrogen (secondary N) is 2. The maximum atomic E-state index is 12.3. The van der Waals surface area contributed by atoms with Gasteiger partial charge in [0.1, 0.15) is 0 Å². The predicted molar refractivity (Wildman–Crippen MR) is 81.9 cm³/mol. The number of nitro groups is 1. The Morgan fingerprint density at radius 1 is 1.32 bits per heavy atom. The quantitative estimate of drug-likeness (QED) is 0.573. The molecule has 7 nitrogen and oxygen atoms in total. The minimum absolute atomic E-state index is 0.0725. The second-order valence-corrected chi connectivity index (χ2v) is 4.80. The molecule has 0 fully saturated rings. The van der Waals surface area contributed by atoms with E-state index in [-0.39, 0.29) is 17.2 Å². The van der Waals surface area contributed by atoms with Gasteiger partial charge in [-0.15, -0.1) is 0 Å². The van der Waals surface area contributed by atoms with Crippen LogP contribution < -0.4 is 5.32 Å². The first-order valence-corrected chi connectivity index (χ1v) is 6.55. The topological polar surface area (TPSA) is 101 Å². The standard InChI is InChI=1S/C15H12N4O3/c1-9-11(3-2-4-14(9)19(21)22)15(20)18-10-5-6-12-13(7-10)17-8-16-12/h2-8H,1H3,(H,16,17)(H,18,20). The van der Waals surface area contributed by atoms with Gasteiger partial charge in [0, 0.05) is 22.9 Å². The number of aromatic amines is 1. The van der Waals surface area contributed by atoms with Crippen molar-refractivity contribution in [2.24, 2.45) is 0 Å². The van der Waals surface area contributed by atoms with Gasteiger partial charge in [-0.25, -0.2) is 4.98 Å². The van der Waals surface area contributed by atoms with Crippen molar-refractivity contribution in [1.82, 2.24) is 9.97 Å². The van der Waals surface area contributed by atoms with Crippen molar-refractivity contribution in [2.45, 2.75) is 6.92 Å². The summed E-state index contributed by atoms with van der Waals surface area (Å²) in [6.07, 6.45) is 1.57. The van der Waals surface area contributed by atoms with E-state index in [4.69, 9.17) is 0 Å². The van der Waals surface area contributed by atoms with E-state index in [1.54, 1.807) is 37.5 Å². The number of carbonyl (C=O) groups is 1. The van der Waals surface area contributed by atoms with Crippen molar-refractivity contribution in [3.05, 3.63) is 64.0 Å². The van der Waals surface area contributed by atoms with Crippen molar-refractivity contribution in [3.63, 3.8) is 0 Å². The molecule has 22 heavy (non-hydrogen) atoms. The fraction of sp³-hybridized carbons (Fsp3) is 0.0667. The number of benzene rings is 2. The van der Waals surface area contributed by atoms with E-state index < -0.39 is 4.92 Å². The molecule has 1 amide bonds. The zero-order valence-electron chi connectivity index (χ0n) is 11.7. The van der Waals surface area contributed by atoms with Crippen LogP contribution in [0.15, 0.2) is 42.7 Å². The van der Waals surface area contributed by atoms with E-state index in [0.29, 0.717) is 11.3 Å². The van der Waals surface area contributed by atoms with Gasteiger partial charge in [-0.3, -0.25) is 14.9 Å². The summed E-state index contributed by atoms with van der Waals surface area (Å²) in [7, 11) is 0. The number of hydrogen-bond acceptors (Lipinski definition) is 4. The predicted octanol–water partition coefficient (Wildman–Crippen LogP) is 3.03. The third kappa shape index (κ3) is 2.39. The minimum atomic E-state index is -0.497. The number of rotatable bonds is 3. The van der Waals surface area contributed by atoms with Gasteiger partial charge in [0.25, 0.3) is 11.6 Å². The molecule has 0 unspecified atom stereocenters. The average molecular weight is 296 g/mol. The minimum Gasteiger partial charge on any atom is -0.345 e. The number of amides is 1. The molecule has 3 rings (SSSR count). The fourth-order valence-corrected chi connectivity index (χ4v) is 2.28. The number of hydrogen-bond donors (Lipinski definition) is 2. The number of nitro benzene ring substituents is 1. The molecule has 2 N–H and O–H groups in total. The van der Waals surface area contributed by atoms with Crippen LogP contribution in [-0.2, 0) is 0 Å². The van der Waals surface area contributed by atoms with E-state index in [9.17, 15) is 14.9 Å². The highest BCUT2D eigenvalue weighted by molar-refractivity contribution is 6.06. The lowest BCUT2D eigenvalue weighted by Gasteiger charge is -2.08. The summed E-state index contributed by atoms with van der Waals surface area (Å²) in [6.45, 7) is 1.56. The number of anilines is 1. The lowest BCUT2D eigenvalue weighted by molar-refractivity contribution is -0.385. The van der Waals surface area contributed by atoms with Crippen molar-refractivity contribution < 1.29 is 9.72 Å². The molecule has 0 spiro atoms. The van der Waals surface area contributed by atoms with Crippen LogP contribution in [0.25, 0.3) is 11.0 Å². The number of carbonyl (C=O) groups excluding carboxylic acids is 1. The SMILES string of the molecule is Cc1c(C(=O)Nc2ccc3nc[nH]c3c2)cccc1[N+](=O)[O-]. The van der Waals surface area contributed by atoms with Crippen molar-refractivity contribution >= 4 is 28.3 Å². The Hall–Kier alpha value is -3.22. The number of nitrogens with zero attached hydrogens (tertiary/aromatic N) is 2. The summed E-state index contributed by atoms with van der Waals surface area (Å²) >= 11 is 0. The normalized spacial score (nSPS) is 10.6. The highest BCUT2D eigenvalue weighted by Gasteiger charge is 2.18. The van der Waals surface area contributed by atoms with Crippen LogP contribution in [0, 0.1) is 17.0 Å². The van der Waals surface area contributed by atoms with Gasteiger partial charge < -0.3 is 10.3 Å². The largest absolute Gasteiger partial charge is 0.345 e. The summed E-state index contributed by atoms with van der Waals surface area (Å²) in [5, 5.41) is 13.7. The molecule has 0 radical (unpaired) electrons. The van der Waals surface area contributed by atoms with Gasteiger partial charge in [-0.05, 0) is 31.2 Å².